The number of hydrogen-bond donors (Lipinski definition) is 12. The van der Waals surface area contributed by atoms with Crippen LogP contribution in [0.15, 0.2) is 36.5 Å². The second-order valence-corrected chi connectivity index (χ2v) is 23.6. The zero-order valence-electron chi connectivity index (χ0n) is 50.9. The van der Waals surface area contributed by atoms with E-state index in [2.05, 4.69) is 43.5 Å². The summed E-state index contributed by atoms with van der Waals surface area (Å²) in [6, 6.07) is -0.991. The van der Waals surface area contributed by atoms with Crippen LogP contribution in [0.3, 0.4) is 0 Å². The third-order valence-corrected chi connectivity index (χ3v) is 16.4. The van der Waals surface area contributed by atoms with Gasteiger partial charge >= 0.3 is 0 Å². The highest BCUT2D eigenvalue weighted by molar-refractivity contribution is 5.76. The van der Waals surface area contributed by atoms with E-state index in [0.29, 0.717) is 12.8 Å². The summed E-state index contributed by atoms with van der Waals surface area (Å²) >= 11 is 0. The molecular formula is C64H117NO18. The molecule has 1 amide bonds. The molecule has 0 radical (unpaired) electrons. The van der Waals surface area contributed by atoms with Crippen molar-refractivity contribution in [2.24, 2.45) is 0 Å². The van der Waals surface area contributed by atoms with Gasteiger partial charge in [0, 0.05) is 6.42 Å². The Morgan fingerprint density at radius 3 is 1.20 bits per heavy atom. The van der Waals surface area contributed by atoms with Crippen LogP contribution in [0.5, 0.6) is 0 Å². The smallest absolute Gasteiger partial charge is 0.220 e. The molecule has 17 unspecified atom stereocenters. The maximum absolute atomic E-state index is 13.4. The standard InChI is InChI=1S/C64H117NO18/c1-3-5-7-9-11-13-15-17-19-21-23-24-25-27-29-31-33-35-37-39-41-48(69)47(65-52(70)42-40-38-36-34-32-30-28-26-22-20-18-16-14-12-10-8-6-4-2)46-78-62-58(76)55(73)60(50(44-67)80-62)83-64-59(77)56(74)61(51(45-68)81-64)82-63-57(75)54(72)53(71)49(43-66)79-63/h20,22,31,33,39,41,47-51,53-64,66-69,71-77H,3-19,21,23-30,32,34-38,40,42-46H2,1-2H3,(H,65,70)/b22-20-,33-31+,41-39+. The number of ether oxygens (including phenoxy) is 6. The van der Waals surface area contributed by atoms with E-state index in [1.165, 1.54) is 148 Å². The Balaban J connectivity index is 1.49. The Labute approximate surface area is 498 Å². The van der Waals surface area contributed by atoms with Gasteiger partial charge in [0.05, 0.1) is 38.6 Å². The van der Waals surface area contributed by atoms with E-state index in [-0.39, 0.29) is 18.9 Å². The minimum absolute atomic E-state index is 0.231. The van der Waals surface area contributed by atoms with E-state index in [0.717, 1.165) is 51.4 Å². The SMILES string of the molecule is CCCCCCCCC/C=C\CCCCCCCCCC(=O)NC(COC1OC(CO)C(OC2OC(CO)C(OC3OC(CO)C(O)C(O)C3O)C(O)C2O)C(O)C1O)C(O)/C=C/CC/C=C/CCCCCCCCCCCCCCCC. The molecule has 0 bridgehead atoms. The fourth-order valence-electron chi connectivity index (χ4n) is 11.0. The Bertz CT molecular complexity index is 1660. The van der Waals surface area contributed by atoms with Crippen LogP contribution < -0.4 is 5.32 Å². The van der Waals surface area contributed by atoms with Gasteiger partial charge in [0.15, 0.2) is 18.9 Å². The van der Waals surface area contributed by atoms with Crippen LogP contribution in [0.2, 0.25) is 0 Å². The molecule has 3 fully saturated rings. The molecule has 0 aromatic heterocycles. The summed E-state index contributed by atoms with van der Waals surface area (Å²) in [7, 11) is 0. The molecule has 0 spiro atoms. The summed E-state index contributed by atoms with van der Waals surface area (Å²) in [5, 5.41) is 120. The van der Waals surface area contributed by atoms with Gasteiger partial charge in [-0.1, -0.05) is 204 Å². The maximum Gasteiger partial charge on any atom is 0.220 e. The highest BCUT2D eigenvalue weighted by Gasteiger charge is 2.53. The molecule has 17 atom stereocenters. The average Bonchev–Trinajstić information content (AvgIpc) is 3.35. The second kappa shape index (κ2) is 47.1. The molecule has 3 saturated heterocycles. The lowest BCUT2D eigenvalue weighted by molar-refractivity contribution is -0.379. The van der Waals surface area contributed by atoms with Crippen LogP contribution in [0.4, 0.5) is 0 Å². The molecule has 83 heavy (non-hydrogen) atoms. The van der Waals surface area contributed by atoms with E-state index < -0.39 is 124 Å². The lowest BCUT2D eigenvalue weighted by Gasteiger charge is -2.48. The first-order valence-corrected chi connectivity index (χ1v) is 32.7. The molecule has 486 valence electrons. The van der Waals surface area contributed by atoms with Gasteiger partial charge in [-0.2, -0.15) is 0 Å². The number of unbranched alkanes of at least 4 members (excludes halogenated alkanes) is 29. The predicted octanol–water partition coefficient (Wildman–Crippen LogP) is 7.27. The molecule has 12 N–H and O–H groups in total. The maximum atomic E-state index is 13.4. The number of amides is 1. The molecule has 3 aliphatic heterocycles. The van der Waals surface area contributed by atoms with Crippen molar-refractivity contribution in [3.8, 4) is 0 Å². The first-order valence-electron chi connectivity index (χ1n) is 32.7. The van der Waals surface area contributed by atoms with Crippen molar-refractivity contribution in [3.63, 3.8) is 0 Å². The van der Waals surface area contributed by atoms with Gasteiger partial charge in [-0.05, 0) is 57.8 Å². The molecule has 3 heterocycles. The van der Waals surface area contributed by atoms with E-state index in [4.69, 9.17) is 28.4 Å². The number of aliphatic hydroxyl groups excluding tert-OH is 11. The Morgan fingerprint density at radius 2 is 0.771 bits per heavy atom. The Hall–Kier alpha value is -1.99. The van der Waals surface area contributed by atoms with Crippen LogP contribution in [-0.2, 0) is 33.2 Å². The molecule has 19 nitrogen and oxygen atoms in total. The molecule has 19 heteroatoms. The summed E-state index contributed by atoms with van der Waals surface area (Å²) in [4.78, 5) is 13.4. The highest BCUT2D eigenvalue weighted by Crippen LogP contribution is 2.33. The number of rotatable bonds is 49. The molecule has 3 rings (SSSR count). The van der Waals surface area contributed by atoms with Gasteiger partial charge in [-0.3, -0.25) is 4.79 Å². The zero-order chi connectivity index (χ0) is 60.5. The predicted molar refractivity (Wildman–Crippen MR) is 319 cm³/mol. The minimum atomic E-state index is -1.98. The van der Waals surface area contributed by atoms with Crippen molar-refractivity contribution in [3.05, 3.63) is 36.5 Å². The van der Waals surface area contributed by atoms with Gasteiger partial charge in [0.1, 0.15) is 73.2 Å². The third-order valence-electron chi connectivity index (χ3n) is 16.4. The Morgan fingerprint density at radius 1 is 0.422 bits per heavy atom. The van der Waals surface area contributed by atoms with Crippen LogP contribution >= 0.6 is 0 Å². The van der Waals surface area contributed by atoms with E-state index >= 15 is 0 Å². The number of aliphatic hydroxyl groups is 11. The second-order valence-electron chi connectivity index (χ2n) is 23.6. The summed E-state index contributed by atoms with van der Waals surface area (Å²) in [5.41, 5.74) is 0. The normalized spacial score (nSPS) is 29.6. The lowest BCUT2D eigenvalue weighted by atomic mass is 9.96. The highest BCUT2D eigenvalue weighted by atomic mass is 16.8. The van der Waals surface area contributed by atoms with Crippen molar-refractivity contribution in [2.45, 2.75) is 336 Å². The van der Waals surface area contributed by atoms with Gasteiger partial charge in [-0.15, -0.1) is 0 Å². The van der Waals surface area contributed by atoms with E-state index in [9.17, 15) is 61.0 Å². The molecule has 0 aromatic carbocycles. The molecule has 0 aliphatic carbocycles. The molecule has 0 aromatic rings. The summed E-state index contributed by atoms with van der Waals surface area (Å²) in [5.74, 6) is -0.289. The fourth-order valence-corrected chi connectivity index (χ4v) is 11.0. The summed E-state index contributed by atoms with van der Waals surface area (Å²) < 4.78 is 34.3. The average molecular weight is 1190 g/mol. The monoisotopic (exact) mass is 1190 g/mol. The van der Waals surface area contributed by atoms with Gasteiger partial charge < -0.3 is 89.9 Å². The zero-order valence-corrected chi connectivity index (χ0v) is 50.9. The van der Waals surface area contributed by atoms with Crippen molar-refractivity contribution >= 4 is 5.91 Å². The number of nitrogens with one attached hydrogen (secondary N) is 1. The largest absolute Gasteiger partial charge is 0.394 e. The number of carbonyl (C=O) groups is 1. The van der Waals surface area contributed by atoms with Crippen molar-refractivity contribution < 1.29 is 89.4 Å². The van der Waals surface area contributed by atoms with E-state index in [1.54, 1.807) is 6.08 Å². The fraction of sp³-hybridized carbons (Fsp3) is 0.891. The first kappa shape index (κ1) is 75.3. The van der Waals surface area contributed by atoms with Crippen molar-refractivity contribution in [1.82, 2.24) is 5.32 Å². The van der Waals surface area contributed by atoms with Gasteiger partial charge in [0.2, 0.25) is 5.91 Å². The summed E-state index contributed by atoms with van der Waals surface area (Å²) in [6.45, 7) is 1.71. The van der Waals surface area contributed by atoms with Gasteiger partial charge in [-0.25, -0.2) is 0 Å². The summed E-state index contributed by atoms with van der Waals surface area (Å²) in [6.07, 6.45) is 25.5. The van der Waals surface area contributed by atoms with Crippen molar-refractivity contribution in [1.29, 1.82) is 0 Å². The molecular weight excluding hydrogens is 1070 g/mol. The van der Waals surface area contributed by atoms with E-state index in [1.807, 2.05) is 6.08 Å². The first-order chi connectivity index (χ1) is 40.3. The number of allylic oxidation sites excluding steroid dienone is 5. The van der Waals surface area contributed by atoms with Gasteiger partial charge in [0.25, 0.3) is 0 Å². The lowest BCUT2D eigenvalue weighted by Crippen LogP contribution is -2.66. The van der Waals surface area contributed by atoms with Crippen LogP contribution in [0.25, 0.3) is 0 Å². The quantitative estimate of drug-likeness (QED) is 0.0211. The third kappa shape index (κ3) is 30.2. The molecule has 0 saturated carbocycles. The minimum Gasteiger partial charge on any atom is -0.394 e. The van der Waals surface area contributed by atoms with Crippen molar-refractivity contribution in [2.75, 3.05) is 26.4 Å². The Kier molecular flexibility index (Phi) is 42.7. The van der Waals surface area contributed by atoms with Crippen LogP contribution in [-0.4, -0.2) is 193 Å². The number of hydrogen-bond acceptors (Lipinski definition) is 18. The van der Waals surface area contributed by atoms with Crippen LogP contribution in [0.1, 0.15) is 232 Å². The number of carbonyl (C=O) groups excluding carboxylic acids is 1. The molecule has 3 aliphatic rings. The topological polar surface area (TPSA) is 307 Å². The van der Waals surface area contributed by atoms with Crippen LogP contribution in [0, 0.1) is 0 Å².